The standard InChI is InChI=1S/C21H17FN2O4/c1-2-27-21(26)16-5-3-14(4-6-16)19-12-11-18(28-19)13-23-24-20(25)15-7-9-17(22)10-8-15/h3-13H,2H2,1H3,(H,24,25)/b23-13-. The molecule has 1 amide bonds. The van der Waals surface area contributed by atoms with E-state index in [1.165, 1.54) is 30.5 Å². The number of hydrogen-bond acceptors (Lipinski definition) is 5. The lowest BCUT2D eigenvalue weighted by atomic mass is 10.1. The maximum absolute atomic E-state index is 12.9. The maximum Gasteiger partial charge on any atom is 0.338 e. The van der Waals surface area contributed by atoms with E-state index >= 15 is 0 Å². The van der Waals surface area contributed by atoms with Crippen molar-refractivity contribution in [2.45, 2.75) is 6.92 Å². The van der Waals surface area contributed by atoms with Crippen molar-refractivity contribution in [1.82, 2.24) is 5.43 Å². The lowest BCUT2D eigenvalue weighted by Crippen LogP contribution is -2.17. The molecule has 1 heterocycles. The number of esters is 1. The number of amides is 1. The predicted octanol–water partition coefficient (Wildman–Crippen LogP) is 4.03. The van der Waals surface area contributed by atoms with E-state index in [0.29, 0.717) is 29.3 Å². The molecule has 0 spiro atoms. The molecule has 3 rings (SSSR count). The second kappa shape index (κ2) is 8.77. The Labute approximate surface area is 160 Å². The summed E-state index contributed by atoms with van der Waals surface area (Å²) in [5.41, 5.74) is 3.88. The highest BCUT2D eigenvalue weighted by molar-refractivity contribution is 5.94. The van der Waals surface area contributed by atoms with Crippen molar-refractivity contribution >= 4 is 18.1 Å². The Hall–Kier alpha value is -3.74. The summed E-state index contributed by atoms with van der Waals surface area (Å²) < 4.78 is 23.5. The summed E-state index contributed by atoms with van der Waals surface area (Å²) >= 11 is 0. The minimum absolute atomic E-state index is 0.292. The number of nitrogens with one attached hydrogen (secondary N) is 1. The first-order chi connectivity index (χ1) is 13.6. The van der Waals surface area contributed by atoms with Crippen LogP contribution in [0, 0.1) is 5.82 Å². The Bertz CT molecular complexity index is 992. The zero-order valence-electron chi connectivity index (χ0n) is 15.0. The van der Waals surface area contributed by atoms with E-state index in [1.54, 1.807) is 43.3 Å². The summed E-state index contributed by atoms with van der Waals surface area (Å²) in [6, 6.07) is 15.4. The van der Waals surface area contributed by atoms with Crippen LogP contribution >= 0.6 is 0 Å². The summed E-state index contributed by atoms with van der Waals surface area (Å²) in [7, 11) is 0. The Morgan fingerprint density at radius 1 is 1.04 bits per heavy atom. The van der Waals surface area contributed by atoms with Gasteiger partial charge in [-0.2, -0.15) is 5.10 Å². The zero-order chi connectivity index (χ0) is 19.9. The molecule has 0 fully saturated rings. The highest BCUT2D eigenvalue weighted by Crippen LogP contribution is 2.22. The smallest absolute Gasteiger partial charge is 0.338 e. The average Bonchev–Trinajstić information content (AvgIpc) is 3.17. The number of nitrogens with zero attached hydrogens (tertiary/aromatic N) is 1. The Morgan fingerprint density at radius 2 is 1.71 bits per heavy atom. The lowest BCUT2D eigenvalue weighted by molar-refractivity contribution is 0.0526. The zero-order valence-corrected chi connectivity index (χ0v) is 15.0. The van der Waals surface area contributed by atoms with Gasteiger partial charge in [-0.15, -0.1) is 0 Å². The highest BCUT2D eigenvalue weighted by Gasteiger charge is 2.09. The first-order valence-corrected chi connectivity index (χ1v) is 8.53. The lowest BCUT2D eigenvalue weighted by Gasteiger charge is -2.02. The van der Waals surface area contributed by atoms with Crippen LogP contribution in [-0.4, -0.2) is 24.7 Å². The van der Waals surface area contributed by atoms with Gasteiger partial charge in [0.15, 0.2) is 0 Å². The first kappa shape index (κ1) is 19.0. The highest BCUT2D eigenvalue weighted by atomic mass is 19.1. The van der Waals surface area contributed by atoms with Crippen molar-refractivity contribution < 1.29 is 23.1 Å². The van der Waals surface area contributed by atoms with E-state index in [2.05, 4.69) is 10.5 Å². The second-order valence-corrected chi connectivity index (χ2v) is 5.71. The van der Waals surface area contributed by atoms with Crippen LogP contribution < -0.4 is 5.43 Å². The third-order valence-corrected chi connectivity index (χ3v) is 3.77. The molecule has 0 atom stereocenters. The molecule has 28 heavy (non-hydrogen) atoms. The molecule has 3 aromatic rings. The van der Waals surface area contributed by atoms with E-state index in [9.17, 15) is 14.0 Å². The fourth-order valence-corrected chi connectivity index (χ4v) is 2.38. The number of benzene rings is 2. The van der Waals surface area contributed by atoms with Crippen LogP contribution in [-0.2, 0) is 4.74 Å². The van der Waals surface area contributed by atoms with Crippen LogP contribution in [0.15, 0.2) is 70.2 Å². The van der Waals surface area contributed by atoms with E-state index < -0.39 is 11.7 Å². The van der Waals surface area contributed by atoms with Crippen molar-refractivity contribution in [3.05, 3.63) is 83.4 Å². The SMILES string of the molecule is CCOC(=O)c1ccc(-c2ccc(/C=N\NC(=O)c3ccc(F)cc3)o2)cc1. The fraction of sp³-hybridized carbons (Fsp3) is 0.0952. The van der Waals surface area contributed by atoms with Crippen molar-refractivity contribution in [3.8, 4) is 11.3 Å². The van der Waals surface area contributed by atoms with Gasteiger partial charge in [0.1, 0.15) is 17.3 Å². The predicted molar refractivity (Wildman–Crippen MR) is 102 cm³/mol. The van der Waals surface area contributed by atoms with Gasteiger partial charge < -0.3 is 9.15 Å². The van der Waals surface area contributed by atoms with E-state index in [-0.39, 0.29) is 5.97 Å². The van der Waals surface area contributed by atoms with Gasteiger partial charge >= 0.3 is 5.97 Å². The molecule has 1 aromatic heterocycles. The molecule has 0 radical (unpaired) electrons. The number of rotatable bonds is 6. The van der Waals surface area contributed by atoms with E-state index in [4.69, 9.17) is 9.15 Å². The molecule has 0 aliphatic carbocycles. The molecule has 0 saturated heterocycles. The van der Waals surface area contributed by atoms with Crippen molar-refractivity contribution in [2.24, 2.45) is 5.10 Å². The van der Waals surface area contributed by atoms with E-state index in [0.717, 1.165) is 5.56 Å². The quantitative estimate of drug-likeness (QED) is 0.398. The van der Waals surface area contributed by atoms with Crippen LogP contribution in [0.25, 0.3) is 11.3 Å². The van der Waals surface area contributed by atoms with E-state index in [1.807, 2.05) is 0 Å². The molecule has 142 valence electrons. The summed E-state index contributed by atoms with van der Waals surface area (Å²) in [6.07, 6.45) is 1.36. The molecule has 2 aromatic carbocycles. The molecular weight excluding hydrogens is 363 g/mol. The van der Waals surface area contributed by atoms with Gasteiger partial charge in [-0.1, -0.05) is 12.1 Å². The summed E-state index contributed by atoms with van der Waals surface area (Å²) in [5, 5.41) is 3.83. The van der Waals surface area contributed by atoms with Crippen LogP contribution in [0.1, 0.15) is 33.4 Å². The van der Waals surface area contributed by atoms with Gasteiger partial charge in [0.25, 0.3) is 5.91 Å². The normalized spacial score (nSPS) is 10.8. The molecule has 0 bridgehead atoms. The van der Waals surface area contributed by atoms with Gasteiger partial charge in [0, 0.05) is 11.1 Å². The molecule has 1 N–H and O–H groups in total. The molecular formula is C21H17FN2O4. The van der Waals surface area contributed by atoms with Crippen LogP contribution in [0.5, 0.6) is 0 Å². The Morgan fingerprint density at radius 3 is 2.39 bits per heavy atom. The summed E-state index contributed by atoms with van der Waals surface area (Å²) in [4.78, 5) is 23.6. The van der Waals surface area contributed by atoms with Gasteiger partial charge in [0.05, 0.1) is 18.4 Å². The van der Waals surface area contributed by atoms with Crippen molar-refractivity contribution in [2.75, 3.05) is 6.61 Å². The number of hydrazone groups is 1. The van der Waals surface area contributed by atoms with Crippen molar-refractivity contribution in [3.63, 3.8) is 0 Å². The second-order valence-electron chi connectivity index (χ2n) is 5.71. The minimum Gasteiger partial charge on any atom is -0.462 e. The van der Waals surface area contributed by atoms with Crippen LogP contribution in [0.3, 0.4) is 0 Å². The van der Waals surface area contributed by atoms with Gasteiger partial charge in [0.2, 0.25) is 0 Å². The monoisotopic (exact) mass is 380 g/mol. The first-order valence-electron chi connectivity index (χ1n) is 8.53. The number of hydrogen-bond donors (Lipinski definition) is 1. The van der Waals surface area contributed by atoms with Gasteiger partial charge in [-0.3, -0.25) is 4.79 Å². The topological polar surface area (TPSA) is 80.9 Å². The molecule has 0 aliphatic rings. The third kappa shape index (κ3) is 4.70. The van der Waals surface area contributed by atoms with Gasteiger partial charge in [-0.05, 0) is 55.5 Å². The summed E-state index contributed by atoms with van der Waals surface area (Å²) in [5.74, 6) is -0.236. The Kier molecular flexibility index (Phi) is 5.96. The molecule has 0 saturated carbocycles. The molecule has 7 heteroatoms. The molecule has 0 aliphatic heterocycles. The number of carbonyl (C=O) groups is 2. The average molecular weight is 380 g/mol. The number of carbonyl (C=O) groups excluding carboxylic acids is 2. The largest absolute Gasteiger partial charge is 0.462 e. The third-order valence-electron chi connectivity index (χ3n) is 3.77. The Balaban J connectivity index is 1.62. The fourth-order valence-electron chi connectivity index (χ4n) is 2.38. The van der Waals surface area contributed by atoms with Crippen LogP contribution in [0.2, 0.25) is 0 Å². The summed E-state index contributed by atoms with van der Waals surface area (Å²) in [6.45, 7) is 2.07. The maximum atomic E-state index is 12.9. The molecule has 0 unspecified atom stereocenters. The van der Waals surface area contributed by atoms with Crippen LogP contribution in [0.4, 0.5) is 4.39 Å². The molecule has 6 nitrogen and oxygen atoms in total. The van der Waals surface area contributed by atoms with Gasteiger partial charge in [-0.25, -0.2) is 14.6 Å². The van der Waals surface area contributed by atoms with Crippen molar-refractivity contribution in [1.29, 1.82) is 0 Å². The number of ether oxygens (including phenoxy) is 1. The minimum atomic E-state index is -0.461. The number of halogens is 1. The number of furan rings is 1.